The first-order chi connectivity index (χ1) is 9.59. The topological polar surface area (TPSA) is 66.8 Å². The third-order valence-electron chi connectivity index (χ3n) is 2.79. The van der Waals surface area contributed by atoms with Gasteiger partial charge in [-0.25, -0.2) is 4.79 Å². The van der Waals surface area contributed by atoms with Crippen molar-refractivity contribution in [2.45, 2.75) is 12.7 Å². The van der Waals surface area contributed by atoms with Crippen LogP contribution in [-0.4, -0.2) is 16.2 Å². The molecular formula is C15H13ClO4. The number of aliphatic hydroxyl groups excluding tert-OH is 1. The second kappa shape index (κ2) is 6.41. The van der Waals surface area contributed by atoms with Gasteiger partial charge >= 0.3 is 5.97 Å². The van der Waals surface area contributed by atoms with E-state index in [0.29, 0.717) is 10.8 Å². The molecule has 104 valence electrons. The third-order valence-corrected chi connectivity index (χ3v) is 3.16. The number of ether oxygens (including phenoxy) is 1. The van der Waals surface area contributed by atoms with E-state index < -0.39 is 12.1 Å². The molecule has 4 nitrogen and oxygen atoms in total. The number of rotatable bonds is 5. The first-order valence-electron chi connectivity index (χ1n) is 5.95. The monoisotopic (exact) mass is 292 g/mol. The molecule has 2 aromatic rings. The first kappa shape index (κ1) is 14.4. The Kier molecular flexibility index (Phi) is 4.61. The van der Waals surface area contributed by atoms with Crippen LogP contribution in [-0.2, 0) is 11.4 Å². The Morgan fingerprint density at radius 2 is 1.80 bits per heavy atom. The standard InChI is InChI=1S/C15H13ClO4/c16-12-7-3-1-5-10(12)9-20-13-8-4-2-6-11(13)14(17)15(18)19/h1-8,14,17H,9H2,(H,18,19). The van der Waals surface area contributed by atoms with E-state index in [1.165, 1.54) is 6.07 Å². The average Bonchev–Trinajstić information content (AvgIpc) is 2.46. The summed E-state index contributed by atoms with van der Waals surface area (Å²) in [5.41, 5.74) is 1.00. The molecule has 20 heavy (non-hydrogen) atoms. The predicted molar refractivity (Wildman–Crippen MR) is 74.8 cm³/mol. The largest absolute Gasteiger partial charge is 0.488 e. The van der Waals surface area contributed by atoms with E-state index in [-0.39, 0.29) is 12.2 Å². The molecule has 0 aliphatic heterocycles. The summed E-state index contributed by atoms with van der Waals surface area (Å²) in [4.78, 5) is 10.9. The van der Waals surface area contributed by atoms with Crippen LogP contribution in [0, 0.1) is 0 Å². The number of para-hydroxylation sites is 1. The van der Waals surface area contributed by atoms with Gasteiger partial charge in [0.2, 0.25) is 0 Å². The fourth-order valence-electron chi connectivity index (χ4n) is 1.74. The van der Waals surface area contributed by atoms with Crippen LogP contribution >= 0.6 is 11.6 Å². The highest BCUT2D eigenvalue weighted by Gasteiger charge is 2.20. The van der Waals surface area contributed by atoms with Crippen molar-refractivity contribution in [3.8, 4) is 5.75 Å². The van der Waals surface area contributed by atoms with Gasteiger partial charge in [0.25, 0.3) is 0 Å². The lowest BCUT2D eigenvalue weighted by Gasteiger charge is -2.14. The summed E-state index contributed by atoms with van der Waals surface area (Å²) in [6.45, 7) is 0.197. The number of carboxylic acids is 1. The zero-order chi connectivity index (χ0) is 14.5. The average molecular weight is 293 g/mol. The van der Waals surface area contributed by atoms with E-state index in [2.05, 4.69) is 0 Å². The van der Waals surface area contributed by atoms with E-state index >= 15 is 0 Å². The maximum absolute atomic E-state index is 10.9. The van der Waals surface area contributed by atoms with Crippen LogP contribution in [0.3, 0.4) is 0 Å². The highest BCUT2D eigenvalue weighted by molar-refractivity contribution is 6.31. The fraction of sp³-hybridized carbons (Fsp3) is 0.133. The van der Waals surface area contributed by atoms with Crippen molar-refractivity contribution < 1.29 is 19.7 Å². The van der Waals surface area contributed by atoms with E-state index in [4.69, 9.17) is 21.4 Å². The zero-order valence-electron chi connectivity index (χ0n) is 10.5. The van der Waals surface area contributed by atoms with Gasteiger partial charge in [-0.15, -0.1) is 0 Å². The Morgan fingerprint density at radius 3 is 2.50 bits per heavy atom. The van der Waals surface area contributed by atoms with Gasteiger partial charge in [-0.2, -0.15) is 0 Å². The van der Waals surface area contributed by atoms with E-state index in [0.717, 1.165) is 5.56 Å². The molecule has 2 rings (SSSR count). The van der Waals surface area contributed by atoms with Gasteiger partial charge in [-0.1, -0.05) is 48.0 Å². The maximum Gasteiger partial charge on any atom is 0.337 e. The summed E-state index contributed by atoms with van der Waals surface area (Å²) in [5, 5.41) is 19.1. The normalized spacial score (nSPS) is 11.9. The lowest BCUT2D eigenvalue weighted by atomic mass is 10.1. The minimum atomic E-state index is -1.61. The van der Waals surface area contributed by atoms with Crippen LogP contribution in [0.5, 0.6) is 5.75 Å². The van der Waals surface area contributed by atoms with E-state index in [1.807, 2.05) is 18.2 Å². The number of hydrogen-bond acceptors (Lipinski definition) is 3. The van der Waals surface area contributed by atoms with Crippen molar-refractivity contribution in [2.75, 3.05) is 0 Å². The van der Waals surface area contributed by atoms with Crippen LogP contribution in [0.25, 0.3) is 0 Å². The van der Waals surface area contributed by atoms with E-state index in [9.17, 15) is 9.90 Å². The molecular weight excluding hydrogens is 280 g/mol. The molecule has 1 unspecified atom stereocenters. The predicted octanol–water partition coefficient (Wildman–Crippen LogP) is 3.04. The van der Waals surface area contributed by atoms with Crippen LogP contribution in [0.15, 0.2) is 48.5 Å². The van der Waals surface area contributed by atoms with Crippen LogP contribution in [0.4, 0.5) is 0 Å². The summed E-state index contributed by atoms with van der Waals surface area (Å²) in [7, 11) is 0. The summed E-state index contributed by atoms with van der Waals surface area (Å²) in [5.74, 6) is -0.999. The molecule has 0 heterocycles. The van der Waals surface area contributed by atoms with Crippen LogP contribution in [0.1, 0.15) is 17.2 Å². The molecule has 0 aromatic heterocycles. The van der Waals surface area contributed by atoms with Gasteiger partial charge in [0, 0.05) is 16.1 Å². The summed E-state index contributed by atoms with van der Waals surface area (Å²) < 4.78 is 5.57. The smallest absolute Gasteiger partial charge is 0.337 e. The van der Waals surface area contributed by atoms with Gasteiger partial charge in [-0.3, -0.25) is 0 Å². The first-order valence-corrected chi connectivity index (χ1v) is 6.33. The number of carbonyl (C=O) groups is 1. The molecule has 0 radical (unpaired) electrons. The Balaban J connectivity index is 2.18. The molecule has 0 amide bonds. The van der Waals surface area contributed by atoms with Crippen molar-refractivity contribution in [1.82, 2.24) is 0 Å². The van der Waals surface area contributed by atoms with Crippen molar-refractivity contribution in [3.05, 3.63) is 64.7 Å². The Morgan fingerprint density at radius 1 is 1.15 bits per heavy atom. The van der Waals surface area contributed by atoms with Crippen molar-refractivity contribution in [3.63, 3.8) is 0 Å². The molecule has 0 saturated carbocycles. The van der Waals surface area contributed by atoms with Gasteiger partial charge in [0.05, 0.1) is 0 Å². The number of benzene rings is 2. The molecule has 2 aromatic carbocycles. The summed E-state index contributed by atoms with van der Waals surface area (Å²) >= 11 is 6.02. The molecule has 0 aliphatic rings. The number of hydrogen-bond donors (Lipinski definition) is 2. The van der Waals surface area contributed by atoms with Crippen molar-refractivity contribution in [1.29, 1.82) is 0 Å². The Labute approximate surface area is 121 Å². The molecule has 0 aliphatic carbocycles. The molecule has 0 saturated heterocycles. The highest BCUT2D eigenvalue weighted by atomic mass is 35.5. The second-order valence-electron chi connectivity index (χ2n) is 4.16. The number of carboxylic acid groups (broad SMARTS) is 1. The third kappa shape index (κ3) is 3.29. The molecule has 0 fully saturated rings. The molecule has 0 spiro atoms. The molecule has 2 N–H and O–H groups in total. The van der Waals surface area contributed by atoms with Gasteiger partial charge in [0.15, 0.2) is 6.10 Å². The zero-order valence-corrected chi connectivity index (χ0v) is 11.2. The van der Waals surface area contributed by atoms with Crippen molar-refractivity contribution >= 4 is 17.6 Å². The van der Waals surface area contributed by atoms with Gasteiger partial charge in [-0.05, 0) is 12.1 Å². The van der Waals surface area contributed by atoms with Gasteiger partial charge < -0.3 is 14.9 Å². The lowest BCUT2D eigenvalue weighted by Crippen LogP contribution is -2.12. The molecule has 1 atom stereocenters. The van der Waals surface area contributed by atoms with Gasteiger partial charge in [0.1, 0.15) is 12.4 Å². The SMILES string of the molecule is O=C(O)C(O)c1ccccc1OCc1ccccc1Cl. The van der Waals surface area contributed by atoms with Crippen LogP contribution in [0.2, 0.25) is 5.02 Å². The Hall–Kier alpha value is -2.04. The molecule has 5 heteroatoms. The quantitative estimate of drug-likeness (QED) is 0.889. The fourth-order valence-corrected chi connectivity index (χ4v) is 1.93. The number of halogens is 1. The maximum atomic E-state index is 10.9. The molecule has 0 bridgehead atoms. The minimum Gasteiger partial charge on any atom is -0.488 e. The number of aliphatic carboxylic acids is 1. The van der Waals surface area contributed by atoms with Crippen molar-refractivity contribution in [2.24, 2.45) is 0 Å². The highest BCUT2D eigenvalue weighted by Crippen LogP contribution is 2.26. The summed E-state index contributed by atoms with van der Waals surface area (Å²) in [6, 6.07) is 13.7. The van der Waals surface area contributed by atoms with Crippen LogP contribution < -0.4 is 4.74 Å². The Bertz CT molecular complexity index is 612. The summed E-state index contributed by atoms with van der Waals surface area (Å²) in [6.07, 6.45) is -1.61. The second-order valence-corrected chi connectivity index (χ2v) is 4.57. The number of aliphatic hydroxyl groups is 1. The lowest BCUT2D eigenvalue weighted by molar-refractivity contribution is -0.147. The minimum absolute atomic E-state index is 0.197. The van der Waals surface area contributed by atoms with E-state index in [1.54, 1.807) is 24.3 Å².